The van der Waals surface area contributed by atoms with Crippen molar-refractivity contribution in [2.24, 2.45) is 0 Å². The Morgan fingerprint density at radius 1 is 1.03 bits per heavy atom. The van der Waals surface area contributed by atoms with Crippen molar-refractivity contribution in [3.05, 3.63) is 64.9 Å². The average molecular weight is 404 g/mol. The van der Waals surface area contributed by atoms with E-state index in [4.69, 9.17) is 4.42 Å². The number of fused-ring (bicyclic) bond motifs is 2. The van der Waals surface area contributed by atoms with Crippen molar-refractivity contribution in [1.29, 1.82) is 0 Å². The Hall–Kier alpha value is -2.79. The first kappa shape index (κ1) is 19.2. The van der Waals surface area contributed by atoms with E-state index in [1.165, 1.54) is 28.8 Å². The fraction of sp³-hybridized carbons (Fsp3) is 0.400. The molecule has 5 heteroatoms. The minimum absolute atomic E-state index is 0.0337. The van der Waals surface area contributed by atoms with Crippen LogP contribution in [-0.4, -0.2) is 44.0 Å². The molecule has 1 aliphatic carbocycles. The molecule has 0 spiro atoms. The summed E-state index contributed by atoms with van der Waals surface area (Å²) < 4.78 is 5.75. The molecule has 1 fully saturated rings. The van der Waals surface area contributed by atoms with Crippen LogP contribution >= 0.6 is 0 Å². The van der Waals surface area contributed by atoms with Gasteiger partial charge in [0.25, 0.3) is 0 Å². The van der Waals surface area contributed by atoms with Crippen LogP contribution in [0.1, 0.15) is 28.7 Å². The summed E-state index contributed by atoms with van der Waals surface area (Å²) in [6.07, 6.45) is 5.57. The number of likely N-dealkylation sites (N-methyl/N-ethyl adjacent to an activating group) is 1. The molecule has 1 amide bonds. The SMILES string of the molecule is CN1CCN(c2ccccc2CNC(=O)Cc2coc3cc4c(cc23)CCC4)CC1. The molecule has 2 aromatic carbocycles. The Morgan fingerprint density at radius 2 is 1.80 bits per heavy atom. The summed E-state index contributed by atoms with van der Waals surface area (Å²) in [7, 11) is 2.16. The maximum atomic E-state index is 12.7. The summed E-state index contributed by atoms with van der Waals surface area (Å²) >= 11 is 0. The number of hydrogen-bond donors (Lipinski definition) is 1. The van der Waals surface area contributed by atoms with Crippen LogP contribution in [0.4, 0.5) is 5.69 Å². The molecular formula is C25H29N3O2. The number of nitrogens with zero attached hydrogens (tertiary/aromatic N) is 2. The summed E-state index contributed by atoms with van der Waals surface area (Å²) in [6, 6.07) is 12.8. The van der Waals surface area contributed by atoms with Gasteiger partial charge in [-0.3, -0.25) is 4.79 Å². The second-order valence-corrected chi connectivity index (χ2v) is 8.60. The van der Waals surface area contributed by atoms with E-state index in [9.17, 15) is 4.79 Å². The van der Waals surface area contributed by atoms with Crippen LogP contribution in [0.5, 0.6) is 0 Å². The maximum absolute atomic E-state index is 12.7. The largest absolute Gasteiger partial charge is 0.464 e. The third-order valence-electron chi connectivity index (χ3n) is 6.53. The van der Waals surface area contributed by atoms with Crippen LogP contribution in [0.2, 0.25) is 0 Å². The molecule has 1 aliphatic heterocycles. The molecule has 0 bridgehead atoms. The predicted octanol–water partition coefficient (Wildman–Crippen LogP) is 3.53. The number of piperazine rings is 1. The molecule has 1 N–H and O–H groups in total. The number of amides is 1. The molecule has 2 aliphatic rings. The maximum Gasteiger partial charge on any atom is 0.224 e. The van der Waals surface area contributed by atoms with E-state index >= 15 is 0 Å². The first-order valence-corrected chi connectivity index (χ1v) is 11.0. The van der Waals surface area contributed by atoms with E-state index in [0.717, 1.165) is 55.6 Å². The normalized spacial score (nSPS) is 16.8. The Labute approximate surface area is 177 Å². The van der Waals surface area contributed by atoms with Gasteiger partial charge in [0.15, 0.2) is 0 Å². The van der Waals surface area contributed by atoms with E-state index in [2.05, 4.69) is 52.5 Å². The van der Waals surface area contributed by atoms with E-state index in [1.807, 2.05) is 6.07 Å². The minimum atomic E-state index is 0.0337. The lowest BCUT2D eigenvalue weighted by Gasteiger charge is -2.35. The molecule has 3 aromatic rings. The lowest BCUT2D eigenvalue weighted by molar-refractivity contribution is -0.120. The van der Waals surface area contributed by atoms with Crippen molar-refractivity contribution in [3.63, 3.8) is 0 Å². The van der Waals surface area contributed by atoms with Gasteiger partial charge in [0, 0.05) is 49.4 Å². The lowest BCUT2D eigenvalue weighted by Crippen LogP contribution is -2.45. The number of carbonyl (C=O) groups is 1. The molecule has 1 saturated heterocycles. The molecule has 1 aromatic heterocycles. The zero-order valence-electron chi connectivity index (χ0n) is 17.6. The highest BCUT2D eigenvalue weighted by Gasteiger charge is 2.18. The molecule has 156 valence electrons. The topological polar surface area (TPSA) is 48.7 Å². The van der Waals surface area contributed by atoms with Gasteiger partial charge in [-0.2, -0.15) is 0 Å². The van der Waals surface area contributed by atoms with Crippen molar-refractivity contribution in [2.45, 2.75) is 32.2 Å². The zero-order valence-corrected chi connectivity index (χ0v) is 17.6. The second-order valence-electron chi connectivity index (χ2n) is 8.60. The van der Waals surface area contributed by atoms with E-state index in [1.54, 1.807) is 6.26 Å². The lowest BCUT2D eigenvalue weighted by atomic mass is 10.0. The van der Waals surface area contributed by atoms with Crippen LogP contribution in [0, 0.1) is 0 Å². The van der Waals surface area contributed by atoms with Gasteiger partial charge in [-0.05, 0) is 61.2 Å². The van der Waals surface area contributed by atoms with Gasteiger partial charge in [0.1, 0.15) is 5.58 Å². The molecule has 0 atom stereocenters. The molecule has 2 heterocycles. The number of aryl methyl sites for hydroxylation is 2. The molecule has 5 rings (SSSR count). The van der Waals surface area contributed by atoms with Crippen molar-refractivity contribution < 1.29 is 9.21 Å². The van der Waals surface area contributed by atoms with E-state index in [0.29, 0.717) is 13.0 Å². The van der Waals surface area contributed by atoms with Crippen LogP contribution in [0.3, 0.4) is 0 Å². The number of rotatable bonds is 5. The van der Waals surface area contributed by atoms with Gasteiger partial charge < -0.3 is 19.5 Å². The molecule has 5 nitrogen and oxygen atoms in total. The van der Waals surface area contributed by atoms with E-state index in [-0.39, 0.29) is 5.91 Å². The third kappa shape index (κ3) is 3.82. The van der Waals surface area contributed by atoms with Gasteiger partial charge in [-0.15, -0.1) is 0 Å². The minimum Gasteiger partial charge on any atom is -0.464 e. The van der Waals surface area contributed by atoms with Crippen molar-refractivity contribution >= 4 is 22.6 Å². The monoisotopic (exact) mass is 403 g/mol. The Bertz CT molecular complexity index is 1060. The fourth-order valence-electron chi connectivity index (χ4n) is 4.73. The third-order valence-corrected chi connectivity index (χ3v) is 6.53. The molecule has 30 heavy (non-hydrogen) atoms. The summed E-state index contributed by atoms with van der Waals surface area (Å²) in [4.78, 5) is 17.5. The van der Waals surface area contributed by atoms with Crippen molar-refractivity contribution in [2.75, 3.05) is 38.1 Å². The van der Waals surface area contributed by atoms with Gasteiger partial charge >= 0.3 is 0 Å². The van der Waals surface area contributed by atoms with Gasteiger partial charge in [0.2, 0.25) is 5.91 Å². The zero-order chi connectivity index (χ0) is 20.5. The Kier molecular flexibility index (Phi) is 5.21. The quantitative estimate of drug-likeness (QED) is 0.708. The number of benzene rings is 2. The highest BCUT2D eigenvalue weighted by Crippen LogP contribution is 2.30. The average Bonchev–Trinajstić information content (AvgIpc) is 3.38. The molecule has 0 radical (unpaired) electrons. The first-order valence-electron chi connectivity index (χ1n) is 11.0. The number of carbonyl (C=O) groups excluding carboxylic acids is 1. The standard InChI is InChI=1S/C25H29N3O2/c1-27-9-11-28(12-10-27)23-8-3-2-5-20(23)16-26-25(29)15-21-17-30-24-14-19-7-4-6-18(19)13-22(21)24/h2-3,5,8,13-14,17H,4,6-7,9-12,15-16H2,1H3,(H,26,29). The fourth-order valence-corrected chi connectivity index (χ4v) is 4.73. The number of para-hydroxylation sites is 1. The molecule has 0 unspecified atom stereocenters. The van der Waals surface area contributed by atoms with E-state index < -0.39 is 0 Å². The van der Waals surface area contributed by atoms with Crippen LogP contribution in [0.25, 0.3) is 11.0 Å². The van der Waals surface area contributed by atoms with Gasteiger partial charge in [0.05, 0.1) is 12.7 Å². The summed E-state index contributed by atoms with van der Waals surface area (Å²) in [5.41, 5.74) is 7.09. The highest BCUT2D eigenvalue weighted by molar-refractivity contribution is 5.88. The first-order chi connectivity index (χ1) is 14.7. The Morgan fingerprint density at radius 3 is 2.63 bits per heavy atom. The summed E-state index contributed by atoms with van der Waals surface area (Å²) in [5.74, 6) is 0.0337. The van der Waals surface area contributed by atoms with Crippen LogP contribution in [0.15, 0.2) is 47.1 Å². The number of furan rings is 1. The number of hydrogen-bond acceptors (Lipinski definition) is 4. The Balaban J connectivity index is 1.26. The second kappa shape index (κ2) is 8.15. The van der Waals surface area contributed by atoms with Crippen molar-refractivity contribution in [3.8, 4) is 0 Å². The summed E-state index contributed by atoms with van der Waals surface area (Å²) in [6.45, 7) is 4.72. The predicted molar refractivity (Wildman–Crippen MR) is 120 cm³/mol. The van der Waals surface area contributed by atoms with Crippen LogP contribution < -0.4 is 10.2 Å². The smallest absolute Gasteiger partial charge is 0.224 e. The summed E-state index contributed by atoms with van der Waals surface area (Å²) in [5, 5.41) is 4.21. The number of anilines is 1. The highest BCUT2D eigenvalue weighted by atomic mass is 16.3. The van der Waals surface area contributed by atoms with Gasteiger partial charge in [-0.1, -0.05) is 18.2 Å². The number of nitrogens with one attached hydrogen (secondary N) is 1. The van der Waals surface area contributed by atoms with Crippen molar-refractivity contribution in [1.82, 2.24) is 10.2 Å². The molecular weight excluding hydrogens is 374 g/mol. The molecule has 0 saturated carbocycles. The van der Waals surface area contributed by atoms with Gasteiger partial charge in [-0.25, -0.2) is 0 Å². The van der Waals surface area contributed by atoms with Crippen LogP contribution in [-0.2, 0) is 30.6 Å².